The van der Waals surface area contributed by atoms with Crippen LogP contribution in [0, 0.1) is 0 Å². The largest absolute Gasteiger partial charge is 0.266 e. The molecule has 0 aromatic carbocycles. The summed E-state index contributed by atoms with van der Waals surface area (Å²) in [4.78, 5) is 2.71. The van der Waals surface area contributed by atoms with Crippen LogP contribution < -0.4 is 5.14 Å². The minimum Gasteiger partial charge on any atom is -0.246 e. The standard InChI is InChI=1S/C6H4BrClF2N2O2S/c7-5-4(8)3(6(9)10)2(1-12-5)15(11,13)14/h1,6H,(H2,11,13,14). The lowest BCUT2D eigenvalue weighted by Crippen LogP contribution is -2.15. The third kappa shape index (κ3) is 2.63. The maximum atomic E-state index is 12.5. The molecule has 84 valence electrons. The first-order chi connectivity index (χ1) is 6.75. The lowest BCUT2D eigenvalue weighted by Gasteiger charge is -2.09. The van der Waals surface area contributed by atoms with Crippen molar-refractivity contribution < 1.29 is 17.2 Å². The molecule has 0 unspecified atom stereocenters. The van der Waals surface area contributed by atoms with Crippen molar-refractivity contribution in [1.82, 2.24) is 4.98 Å². The van der Waals surface area contributed by atoms with Crippen molar-refractivity contribution in [2.75, 3.05) is 0 Å². The molecule has 0 aliphatic heterocycles. The molecule has 9 heteroatoms. The van der Waals surface area contributed by atoms with Crippen LogP contribution in [0.2, 0.25) is 5.02 Å². The van der Waals surface area contributed by atoms with Gasteiger partial charge in [0.25, 0.3) is 6.43 Å². The highest BCUT2D eigenvalue weighted by Crippen LogP contribution is 2.35. The maximum absolute atomic E-state index is 12.5. The maximum Gasteiger partial charge on any atom is 0.266 e. The van der Waals surface area contributed by atoms with Gasteiger partial charge >= 0.3 is 0 Å². The van der Waals surface area contributed by atoms with Crippen molar-refractivity contribution in [3.05, 3.63) is 21.4 Å². The molecule has 4 nitrogen and oxygen atoms in total. The Bertz CT molecular complexity index is 494. The van der Waals surface area contributed by atoms with E-state index >= 15 is 0 Å². The Balaban J connectivity index is 3.62. The van der Waals surface area contributed by atoms with E-state index in [1.807, 2.05) is 0 Å². The summed E-state index contributed by atoms with van der Waals surface area (Å²) >= 11 is 8.29. The van der Waals surface area contributed by atoms with Gasteiger partial charge in [-0.15, -0.1) is 0 Å². The van der Waals surface area contributed by atoms with E-state index in [1.165, 1.54) is 0 Å². The lowest BCUT2D eigenvalue weighted by atomic mass is 10.3. The molecule has 1 heterocycles. The van der Waals surface area contributed by atoms with Crippen LogP contribution >= 0.6 is 27.5 Å². The summed E-state index contributed by atoms with van der Waals surface area (Å²) in [5, 5.41) is 4.28. The molecule has 0 amide bonds. The second-order valence-corrected chi connectivity index (χ2v) is 5.15. The quantitative estimate of drug-likeness (QED) is 0.848. The fraction of sp³-hybridized carbons (Fsp3) is 0.167. The van der Waals surface area contributed by atoms with Crippen molar-refractivity contribution in [2.24, 2.45) is 5.14 Å². The topological polar surface area (TPSA) is 73.1 Å². The smallest absolute Gasteiger partial charge is 0.246 e. The van der Waals surface area contributed by atoms with Crippen molar-refractivity contribution in [3.8, 4) is 0 Å². The summed E-state index contributed by atoms with van der Waals surface area (Å²) in [6, 6.07) is 0. The Morgan fingerprint density at radius 2 is 2.07 bits per heavy atom. The van der Waals surface area contributed by atoms with Gasteiger partial charge in [0.2, 0.25) is 10.0 Å². The summed E-state index contributed by atoms with van der Waals surface area (Å²) in [5.74, 6) is 0. The fourth-order valence-corrected chi connectivity index (χ4v) is 2.19. The van der Waals surface area contributed by atoms with Gasteiger partial charge in [-0.3, -0.25) is 0 Å². The van der Waals surface area contributed by atoms with E-state index in [0.717, 1.165) is 6.20 Å². The van der Waals surface area contributed by atoms with Gasteiger partial charge in [0, 0.05) is 6.20 Å². The van der Waals surface area contributed by atoms with Crippen LogP contribution in [0.4, 0.5) is 8.78 Å². The summed E-state index contributed by atoms with van der Waals surface area (Å²) < 4.78 is 46.9. The molecule has 0 fully saturated rings. The summed E-state index contributed by atoms with van der Waals surface area (Å²) in [7, 11) is -4.27. The van der Waals surface area contributed by atoms with Gasteiger partial charge < -0.3 is 0 Å². The zero-order valence-corrected chi connectivity index (χ0v) is 10.1. The molecule has 0 atom stereocenters. The summed E-state index contributed by atoms with van der Waals surface area (Å²) in [6.45, 7) is 0. The van der Waals surface area contributed by atoms with Crippen molar-refractivity contribution >= 4 is 37.6 Å². The van der Waals surface area contributed by atoms with Gasteiger partial charge in [-0.2, -0.15) is 0 Å². The number of hydrogen-bond acceptors (Lipinski definition) is 3. The third-order valence-corrected chi connectivity index (χ3v) is 3.65. The fourth-order valence-electron chi connectivity index (χ4n) is 0.891. The Labute approximate surface area is 97.6 Å². The second kappa shape index (κ2) is 4.28. The van der Waals surface area contributed by atoms with Gasteiger partial charge in [0.15, 0.2) is 0 Å². The molecule has 1 rings (SSSR count). The van der Waals surface area contributed by atoms with Crippen LogP contribution in [0.5, 0.6) is 0 Å². The molecular weight excluding hydrogens is 317 g/mol. The molecule has 15 heavy (non-hydrogen) atoms. The van der Waals surface area contributed by atoms with Crippen molar-refractivity contribution in [2.45, 2.75) is 11.3 Å². The van der Waals surface area contributed by atoms with Crippen LogP contribution in [0.15, 0.2) is 15.7 Å². The molecule has 1 aromatic rings. The molecule has 0 saturated carbocycles. The number of sulfonamides is 1. The minimum absolute atomic E-state index is 0.0631. The van der Waals surface area contributed by atoms with Gasteiger partial charge in [0.1, 0.15) is 9.50 Å². The van der Waals surface area contributed by atoms with Gasteiger partial charge in [-0.25, -0.2) is 27.3 Å². The predicted molar refractivity (Wildman–Crippen MR) is 53.3 cm³/mol. The van der Waals surface area contributed by atoms with Crippen LogP contribution in [0.1, 0.15) is 12.0 Å². The molecule has 0 saturated heterocycles. The number of aromatic nitrogens is 1. The molecule has 0 bridgehead atoms. The zero-order valence-electron chi connectivity index (χ0n) is 6.92. The van der Waals surface area contributed by atoms with E-state index in [2.05, 4.69) is 20.9 Å². The average Bonchev–Trinajstić information content (AvgIpc) is 2.06. The summed E-state index contributed by atoms with van der Waals surface area (Å²) in [5.41, 5.74) is -0.846. The SMILES string of the molecule is NS(=O)(=O)c1cnc(Br)c(Cl)c1C(F)F. The Hall–Kier alpha value is -0.310. The molecule has 0 radical (unpaired) electrons. The van der Waals surface area contributed by atoms with E-state index in [4.69, 9.17) is 16.7 Å². The van der Waals surface area contributed by atoms with E-state index in [1.54, 1.807) is 0 Å². The van der Waals surface area contributed by atoms with Gasteiger partial charge in [-0.05, 0) is 15.9 Å². The van der Waals surface area contributed by atoms with Gasteiger partial charge in [-0.1, -0.05) is 11.6 Å². The first-order valence-electron chi connectivity index (χ1n) is 3.40. The first-order valence-corrected chi connectivity index (χ1v) is 6.11. The van der Waals surface area contributed by atoms with E-state index in [0.29, 0.717) is 0 Å². The van der Waals surface area contributed by atoms with E-state index in [-0.39, 0.29) is 4.60 Å². The van der Waals surface area contributed by atoms with Crippen molar-refractivity contribution in [3.63, 3.8) is 0 Å². The number of nitrogens with zero attached hydrogens (tertiary/aromatic N) is 1. The lowest BCUT2D eigenvalue weighted by molar-refractivity contribution is 0.148. The highest BCUT2D eigenvalue weighted by molar-refractivity contribution is 9.10. The molecule has 2 N–H and O–H groups in total. The monoisotopic (exact) mass is 320 g/mol. The second-order valence-electron chi connectivity index (χ2n) is 2.49. The number of primary sulfonamides is 1. The number of hydrogen-bond donors (Lipinski definition) is 1. The first kappa shape index (κ1) is 12.8. The Kier molecular flexibility index (Phi) is 3.64. The molecule has 1 aromatic heterocycles. The number of nitrogens with two attached hydrogens (primary N) is 1. The highest BCUT2D eigenvalue weighted by Gasteiger charge is 2.25. The Morgan fingerprint density at radius 1 is 1.53 bits per heavy atom. The number of alkyl halides is 2. The zero-order chi connectivity index (χ0) is 11.8. The minimum atomic E-state index is -4.27. The predicted octanol–water partition coefficient (Wildman–Crippen LogP) is 2.08. The molecule has 0 aliphatic rings. The van der Waals surface area contributed by atoms with E-state index in [9.17, 15) is 17.2 Å². The van der Waals surface area contributed by atoms with Crippen LogP contribution in [0.25, 0.3) is 0 Å². The van der Waals surface area contributed by atoms with Crippen LogP contribution in [-0.4, -0.2) is 13.4 Å². The van der Waals surface area contributed by atoms with Gasteiger partial charge in [0.05, 0.1) is 10.6 Å². The highest BCUT2D eigenvalue weighted by atomic mass is 79.9. The third-order valence-electron chi connectivity index (χ3n) is 1.50. The van der Waals surface area contributed by atoms with Crippen molar-refractivity contribution in [1.29, 1.82) is 0 Å². The number of pyridine rings is 1. The van der Waals surface area contributed by atoms with E-state index < -0.39 is 31.9 Å². The van der Waals surface area contributed by atoms with Crippen LogP contribution in [0.3, 0.4) is 0 Å². The normalized spacial score (nSPS) is 12.1. The number of halogens is 4. The van der Waals surface area contributed by atoms with Crippen LogP contribution in [-0.2, 0) is 10.0 Å². The molecular formula is C6H4BrClF2N2O2S. The average molecular weight is 322 g/mol. The Morgan fingerprint density at radius 3 is 2.47 bits per heavy atom. The number of rotatable bonds is 2. The summed E-state index contributed by atoms with van der Waals surface area (Å²) in [6.07, 6.45) is -2.32. The molecule has 0 aliphatic carbocycles. The molecule has 0 spiro atoms.